The van der Waals surface area contributed by atoms with Crippen LogP contribution < -0.4 is 16.8 Å². The van der Waals surface area contributed by atoms with Crippen LogP contribution in [0.25, 0.3) is 0 Å². The van der Waals surface area contributed by atoms with E-state index in [0.717, 1.165) is 11.3 Å². The van der Waals surface area contributed by atoms with Gasteiger partial charge in [0.1, 0.15) is 0 Å². The zero-order valence-electron chi connectivity index (χ0n) is 16.2. The lowest BCUT2D eigenvalue weighted by Crippen LogP contribution is -2.40. The van der Waals surface area contributed by atoms with Crippen LogP contribution in [0.3, 0.4) is 0 Å². The van der Waals surface area contributed by atoms with Crippen LogP contribution in [0, 0.1) is 5.92 Å². The van der Waals surface area contributed by atoms with E-state index in [2.05, 4.69) is 5.32 Å². The number of hydrogen-bond donors (Lipinski definition) is 3. The summed E-state index contributed by atoms with van der Waals surface area (Å²) in [6, 6.07) is 7.26. The predicted octanol–water partition coefficient (Wildman–Crippen LogP) is 1.96. The Morgan fingerprint density at radius 3 is 2.43 bits per heavy atom. The molecule has 154 valence electrons. The van der Waals surface area contributed by atoms with E-state index in [1.807, 2.05) is 23.1 Å². The van der Waals surface area contributed by atoms with Crippen LogP contribution >= 0.6 is 11.8 Å². The van der Waals surface area contributed by atoms with Crippen LogP contribution in [-0.4, -0.2) is 48.0 Å². The fraction of sp³-hybridized carbons (Fsp3) is 0.550. The van der Waals surface area contributed by atoms with Crippen molar-refractivity contribution in [3.8, 4) is 0 Å². The van der Waals surface area contributed by atoms with E-state index in [0.29, 0.717) is 18.2 Å². The summed E-state index contributed by atoms with van der Waals surface area (Å²) >= 11 is 1.28. The molecule has 1 aromatic rings. The Kier molecular flexibility index (Phi) is 9.30. The molecule has 8 heteroatoms. The van der Waals surface area contributed by atoms with E-state index in [1.54, 1.807) is 6.07 Å². The summed E-state index contributed by atoms with van der Waals surface area (Å²) in [5.74, 6) is -0.257. The van der Waals surface area contributed by atoms with Gasteiger partial charge in [0, 0.05) is 4.90 Å². The number of carbonyl (C=O) groups is 3. The zero-order chi connectivity index (χ0) is 20.4. The van der Waals surface area contributed by atoms with Crippen molar-refractivity contribution in [1.29, 1.82) is 0 Å². The van der Waals surface area contributed by atoms with Gasteiger partial charge in [0.15, 0.2) is 0 Å². The number of carbonyl (C=O) groups excluding carboxylic acids is 3. The van der Waals surface area contributed by atoms with Gasteiger partial charge >= 0.3 is 0 Å². The second-order valence-electron chi connectivity index (χ2n) is 7.27. The maximum Gasteiger partial charge on any atom is 0.238 e. The highest BCUT2D eigenvalue weighted by Gasteiger charge is 2.18. The maximum atomic E-state index is 12.5. The van der Waals surface area contributed by atoms with E-state index in [4.69, 9.17) is 11.5 Å². The van der Waals surface area contributed by atoms with E-state index < -0.39 is 11.8 Å². The van der Waals surface area contributed by atoms with Gasteiger partial charge in [-0.1, -0.05) is 44.2 Å². The molecule has 0 unspecified atom stereocenters. The standard InChI is InChI=1S/C20H30N4O3S/c21-18(25)12-24(11-10-15-6-2-1-3-7-15)13-20(27)23-16-8-4-5-9-17(16)28-14-19(22)26/h4-5,8-9,15H,1-3,6-7,10-14H2,(H2,21,25)(H2,22,26)(H,23,27). The van der Waals surface area contributed by atoms with Crippen molar-refractivity contribution >= 4 is 35.2 Å². The van der Waals surface area contributed by atoms with Gasteiger partial charge in [0.2, 0.25) is 17.7 Å². The smallest absolute Gasteiger partial charge is 0.238 e. The molecular formula is C20H30N4O3S. The van der Waals surface area contributed by atoms with Gasteiger partial charge in [-0.15, -0.1) is 11.8 Å². The van der Waals surface area contributed by atoms with Crippen molar-refractivity contribution < 1.29 is 14.4 Å². The molecule has 0 bridgehead atoms. The van der Waals surface area contributed by atoms with Crippen LogP contribution in [0.5, 0.6) is 0 Å². The number of thioether (sulfide) groups is 1. The van der Waals surface area contributed by atoms with Gasteiger partial charge in [-0.25, -0.2) is 0 Å². The van der Waals surface area contributed by atoms with Crippen LogP contribution in [0.1, 0.15) is 38.5 Å². The molecule has 0 spiro atoms. The number of amides is 3. The fourth-order valence-corrected chi connectivity index (χ4v) is 4.26. The monoisotopic (exact) mass is 406 g/mol. The number of para-hydroxylation sites is 1. The largest absolute Gasteiger partial charge is 0.369 e. The lowest BCUT2D eigenvalue weighted by molar-refractivity contribution is -0.121. The number of nitrogens with zero attached hydrogens (tertiary/aromatic N) is 1. The molecule has 0 heterocycles. The van der Waals surface area contributed by atoms with Crippen molar-refractivity contribution in [3.63, 3.8) is 0 Å². The second-order valence-corrected chi connectivity index (χ2v) is 8.29. The summed E-state index contributed by atoms with van der Waals surface area (Å²) in [4.78, 5) is 37.6. The van der Waals surface area contributed by atoms with Gasteiger partial charge in [0.25, 0.3) is 0 Å². The van der Waals surface area contributed by atoms with E-state index in [1.165, 1.54) is 43.9 Å². The number of primary amides is 2. The van der Waals surface area contributed by atoms with Gasteiger partial charge in [0.05, 0.1) is 24.5 Å². The number of benzene rings is 1. The Bertz CT molecular complexity index is 677. The molecule has 2 rings (SSSR count). The second kappa shape index (κ2) is 11.7. The number of nitrogens with one attached hydrogen (secondary N) is 1. The first kappa shape index (κ1) is 22.2. The van der Waals surface area contributed by atoms with E-state index in [9.17, 15) is 14.4 Å². The molecule has 28 heavy (non-hydrogen) atoms. The molecule has 0 aromatic heterocycles. The first-order valence-corrected chi connectivity index (χ1v) is 10.7. The van der Waals surface area contributed by atoms with Crippen molar-refractivity contribution in [2.75, 3.05) is 30.7 Å². The zero-order valence-corrected chi connectivity index (χ0v) is 17.0. The minimum atomic E-state index is -0.436. The molecule has 1 aliphatic carbocycles. The van der Waals surface area contributed by atoms with E-state index in [-0.39, 0.29) is 24.7 Å². The first-order chi connectivity index (χ1) is 13.4. The van der Waals surface area contributed by atoms with Crippen molar-refractivity contribution in [1.82, 2.24) is 4.90 Å². The summed E-state index contributed by atoms with van der Waals surface area (Å²) < 4.78 is 0. The number of hydrogen-bond acceptors (Lipinski definition) is 5. The fourth-order valence-electron chi connectivity index (χ4n) is 3.51. The SMILES string of the molecule is NC(=O)CSc1ccccc1NC(=O)CN(CCC1CCCCC1)CC(N)=O. The molecule has 1 aliphatic rings. The molecule has 1 saturated carbocycles. The Morgan fingerprint density at radius 1 is 1.04 bits per heavy atom. The average molecular weight is 407 g/mol. The molecule has 1 aromatic carbocycles. The molecule has 0 saturated heterocycles. The quantitative estimate of drug-likeness (QED) is 0.486. The maximum absolute atomic E-state index is 12.5. The highest BCUT2D eigenvalue weighted by molar-refractivity contribution is 8.00. The van der Waals surface area contributed by atoms with Gasteiger partial charge in [-0.2, -0.15) is 0 Å². The Hall–Kier alpha value is -2.06. The molecule has 1 fully saturated rings. The molecular weight excluding hydrogens is 376 g/mol. The Morgan fingerprint density at radius 2 is 1.75 bits per heavy atom. The third kappa shape index (κ3) is 8.31. The first-order valence-electron chi connectivity index (χ1n) is 9.74. The Labute approximate surface area is 170 Å². The molecule has 0 radical (unpaired) electrons. The number of anilines is 1. The molecule has 3 amide bonds. The minimum absolute atomic E-state index is 0.0677. The lowest BCUT2D eigenvalue weighted by atomic mass is 9.87. The number of rotatable bonds is 11. The highest BCUT2D eigenvalue weighted by atomic mass is 32.2. The predicted molar refractivity (Wildman–Crippen MR) is 112 cm³/mol. The summed E-state index contributed by atoms with van der Waals surface area (Å²) in [5, 5.41) is 2.87. The third-order valence-corrected chi connectivity index (χ3v) is 5.95. The minimum Gasteiger partial charge on any atom is -0.369 e. The van der Waals surface area contributed by atoms with E-state index >= 15 is 0 Å². The van der Waals surface area contributed by atoms with Crippen molar-refractivity contribution in [2.24, 2.45) is 17.4 Å². The van der Waals surface area contributed by atoms with Crippen LogP contribution in [0.2, 0.25) is 0 Å². The summed E-state index contributed by atoms with van der Waals surface area (Å²) in [6.07, 6.45) is 7.26. The van der Waals surface area contributed by atoms with Crippen molar-refractivity contribution in [3.05, 3.63) is 24.3 Å². The van der Waals surface area contributed by atoms with Crippen LogP contribution in [-0.2, 0) is 14.4 Å². The summed E-state index contributed by atoms with van der Waals surface area (Å²) in [5.41, 5.74) is 11.2. The Balaban J connectivity index is 1.91. The van der Waals surface area contributed by atoms with Gasteiger partial charge in [-0.05, 0) is 31.0 Å². The van der Waals surface area contributed by atoms with Crippen LogP contribution in [0.15, 0.2) is 29.2 Å². The van der Waals surface area contributed by atoms with Gasteiger partial charge < -0.3 is 16.8 Å². The lowest BCUT2D eigenvalue weighted by Gasteiger charge is -2.26. The van der Waals surface area contributed by atoms with Gasteiger partial charge in [-0.3, -0.25) is 19.3 Å². The molecule has 5 N–H and O–H groups in total. The molecule has 7 nitrogen and oxygen atoms in total. The van der Waals surface area contributed by atoms with Crippen LogP contribution in [0.4, 0.5) is 5.69 Å². The van der Waals surface area contributed by atoms with Crippen molar-refractivity contribution in [2.45, 2.75) is 43.4 Å². The summed E-state index contributed by atoms with van der Waals surface area (Å²) in [7, 11) is 0. The number of nitrogens with two attached hydrogens (primary N) is 2. The molecule has 0 aliphatic heterocycles. The highest BCUT2D eigenvalue weighted by Crippen LogP contribution is 2.27. The third-order valence-electron chi connectivity index (χ3n) is 4.86. The normalized spacial score (nSPS) is 14.8. The summed E-state index contributed by atoms with van der Waals surface area (Å²) in [6.45, 7) is 0.849. The molecule has 0 atom stereocenters. The average Bonchev–Trinajstić information content (AvgIpc) is 2.65. The topological polar surface area (TPSA) is 119 Å².